The molecule has 4 aromatic rings. The number of hydrogen-bond donors (Lipinski definition) is 1. The van der Waals surface area contributed by atoms with Crippen LogP contribution in [0.3, 0.4) is 0 Å². The van der Waals surface area contributed by atoms with Crippen molar-refractivity contribution < 1.29 is 23.0 Å². The van der Waals surface area contributed by atoms with E-state index < -0.39 is 29.4 Å². The molecule has 0 bridgehead atoms. The van der Waals surface area contributed by atoms with Crippen molar-refractivity contribution in [2.75, 3.05) is 6.61 Å². The summed E-state index contributed by atoms with van der Waals surface area (Å²) < 4.78 is 42.6. The van der Waals surface area contributed by atoms with E-state index in [0.717, 1.165) is 45.0 Å². The second kappa shape index (κ2) is 11.0. The fourth-order valence-electron chi connectivity index (χ4n) is 4.07. The highest BCUT2D eigenvalue weighted by Crippen LogP contribution is 2.30. The van der Waals surface area contributed by atoms with Crippen molar-refractivity contribution in [3.8, 4) is 5.75 Å². The summed E-state index contributed by atoms with van der Waals surface area (Å²) in [5.74, 6) is -1.66. The number of fused-ring (bicyclic) bond motifs is 3. The second-order valence-electron chi connectivity index (χ2n) is 9.82. The number of alkyl carbamates (subject to hydrolysis) is 1. The lowest BCUT2D eigenvalue weighted by Gasteiger charge is -2.23. The number of hydrogen-bond acceptors (Lipinski definition) is 5. The summed E-state index contributed by atoms with van der Waals surface area (Å²) in [6.07, 6.45) is 4.23. The number of aromatic nitrogens is 3. The first kappa shape index (κ1) is 26.8. The number of aryl methyl sites for hydroxylation is 1. The Morgan fingerprint density at radius 1 is 1.14 bits per heavy atom. The highest BCUT2D eigenvalue weighted by atomic mass is 79.9. The molecule has 2 heterocycles. The van der Waals surface area contributed by atoms with Crippen LogP contribution < -0.4 is 10.1 Å². The number of benzene rings is 2. The molecule has 0 radical (unpaired) electrons. The first-order valence-electron chi connectivity index (χ1n) is 12.0. The van der Waals surface area contributed by atoms with Gasteiger partial charge in [0.2, 0.25) is 0 Å². The van der Waals surface area contributed by atoms with Crippen LogP contribution in [0, 0.1) is 11.6 Å². The van der Waals surface area contributed by atoms with E-state index >= 15 is 0 Å². The standard InChI is InChI=1S/C27H29BrF2N4O3/c1-16(33-26(35)37-27(2,3)4)19-12-18(29)13-21(30)25(19)36-10-6-5-9-34-15-32-23-14-31-22-8-7-17(28)11-20(22)24(23)34/h7-8,11-16H,5-6,9-10H2,1-4H3,(H,33,35). The molecule has 0 spiro atoms. The zero-order chi connectivity index (χ0) is 26.7. The monoisotopic (exact) mass is 574 g/mol. The van der Waals surface area contributed by atoms with Crippen LogP contribution in [0.1, 0.15) is 52.1 Å². The molecule has 2 aromatic carbocycles. The van der Waals surface area contributed by atoms with Crippen LogP contribution in [0.5, 0.6) is 5.75 Å². The van der Waals surface area contributed by atoms with Gasteiger partial charge in [0.1, 0.15) is 16.9 Å². The molecule has 1 N–H and O–H groups in total. The Kier molecular flexibility index (Phi) is 7.96. The van der Waals surface area contributed by atoms with Crippen LogP contribution in [0.4, 0.5) is 13.6 Å². The van der Waals surface area contributed by atoms with Gasteiger partial charge in [0.25, 0.3) is 0 Å². The molecule has 0 aliphatic heterocycles. The number of rotatable bonds is 8. The van der Waals surface area contributed by atoms with Gasteiger partial charge in [-0.1, -0.05) is 15.9 Å². The molecule has 1 unspecified atom stereocenters. The number of carbonyl (C=O) groups is 1. The number of pyridine rings is 1. The Labute approximate surface area is 222 Å². The molecule has 1 atom stereocenters. The van der Waals surface area contributed by atoms with Crippen molar-refractivity contribution >= 4 is 44.0 Å². The Morgan fingerprint density at radius 3 is 2.68 bits per heavy atom. The largest absolute Gasteiger partial charge is 0.490 e. The second-order valence-corrected chi connectivity index (χ2v) is 10.7. The summed E-state index contributed by atoms with van der Waals surface area (Å²) in [4.78, 5) is 21.1. The van der Waals surface area contributed by atoms with Gasteiger partial charge in [-0.2, -0.15) is 0 Å². The zero-order valence-corrected chi connectivity index (χ0v) is 22.7. The lowest BCUT2D eigenvalue weighted by molar-refractivity contribution is 0.0507. The molecule has 196 valence electrons. The lowest BCUT2D eigenvalue weighted by Crippen LogP contribution is -2.34. The van der Waals surface area contributed by atoms with Crippen molar-refractivity contribution in [1.82, 2.24) is 19.9 Å². The minimum atomic E-state index is -0.821. The Hall–Kier alpha value is -3.27. The van der Waals surface area contributed by atoms with Gasteiger partial charge in [0.15, 0.2) is 11.6 Å². The Bertz CT molecular complexity index is 1430. The molecule has 0 saturated carbocycles. The number of halogens is 3. The molecule has 0 aliphatic rings. The van der Waals surface area contributed by atoms with E-state index in [1.807, 2.05) is 18.2 Å². The summed E-state index contributed by atoms with van der Waals surface area (Å²) in [6.45, 7) is 7.72. The lowest BCUT2D eigenvalue weighted by atomic mass is 10.1. The number of ether oxygens (including phenoxy) is 2. The average molecular weight is 575 g/mol. The van der Waals surface area contributed by atoms with E-state index in [0.29, 0.717) is 13.0 Å². The van der Waals surface area contributed by atoms with E-state index in [9.17, 15) is 13.6 Å². The molecule has 37 heavy (non-hydrogen) atoms. The predicted molar refractivity (Wildman–Crippen MR) is 142 cm³/mol. The molecule has 0 fully saturated rings. The molecule has 1 amide bonds. The van der Waals surface area contributed by atoms with Gasteiger partial charge in [-0.15, -0.1) is 0 Å². The molecule has 2 aromatic heterocycles. The van der Waals surface area contributed by atoms with Crippen molar-refractivity contribution in [3.05, 3.63) is 64.5 Å². The SMILES string of the molecule is CC(NC(=O)OC(C)(C)C)c1cc(F)cc(F)c1OCCCCn1cnc2cnc3ccc(Br)cc3c21. The third kappa shape index (κ3) is 6.54. The number of nitrogens with one attached hydrogen (secondary N) is 1. The molecule has 4 rings (SSSR count). The topological polar surface area (TPSA) is 78.3 Å². The fourth-order valence-corrected chi connectivity index (χ4v) is 4.43. The van der Waals surface area contributed by atoms with E-state index in [2.05, 4.69) is 35.8 Å². The van der Waals surface area contributed by atoms with Crippen molar-refractivity contribution in [3.63, 3.8) is 0 Å². The van der Waals surface area contributed by atoms with Crippen LogP contribution in [-0.4, -0.2) is 32.8 Å². The average Bonchev–Trinajstić information content (AvgIpc) is 3.22. The fraction of sp³-hybridized carbons (Fsp3) is 0.370. The van der Waals surface area contributed by atoms with Gasteiger partial charge < -0.3 is 19.4 Å². The maximum atomic E-state index is 14.6. The normalized spacial score (nSPS) is 12.6. The number of unbranched alkanes of at least 4 members (excludes halogenated alkanes) is 1. The first-order valence-corrected chi connectivity index (χ1v) is 12.8. The summed E-state index contributed by atoms with van der Waals surface area (Å²) >= 11 is 3.52. The molecule has 0 aliphatic carbocycles. The number of imidazole rings is 1. The highest BCUT2D eigenvalue weighted by molar-refractivity contribution is 9.10. The van der Waals surface area contributed by atoms with Gasteiger partial charge in [-0.25, -0.2) is 18.6 Å². The summed E-state index contributed by atoms with van der Waals surface area (Å²) in [6, 6.07) is 7.14. The molecular weight excluding hydrogens is 546 g/mol. The van der Waals surface area contributed by atoms with Crippen LogP contribution in [-0.2, 0) is 11.3 Å². The minimum Gasteiger partial charge on any atom is -0.490 e. The number of carbonyl (C=O) groups excluding carboxylic acids is 1. The summed E-state index contributed by atoms with van der Waals surface area (Å²) in [5.41, 5.74) is 2.20. The first-order chi connectivity index (χ1) is 17.5. The summed E-state index contributed by atoms with van der Waals surface area (Å²) in [5, 5.41) is 3.61. The van der Waals surface area contributed by atoms with Crippen LogP contribution >= 0.6 is 15.9 Å². The van der Waals surface area contributed by atoms with Gasteiger partial charge >= 0.3 is 6.09 Å². The van der Waals surface area contributed by atoms with E-state index in [1.54, 1.807) is 40.2 Å². The third-order valence-electron chi connectivity index (χ3n) is 5.68. The Morgan fingerprint density at radius 2 is 1.92 bits per heavy atom. The van der Waals surface area contributed by atoms with Gasteiger partial charge in [0, 0.05) is 28.0 Å². The van der Waals surface area contributed by atoms with Crippen molar-refractivity contribution in [2.24, 2.45) is 0 Å². The molecule has 0 saturated heterocycles. The quantitative estimate of drug-likeness (QED) is 0.228. The maximum absolute atomic E-state index is 14.6. The molecule has 10 heteroatoms. The minimum absolute atomic E-state index is 0.0834. The van der Waals surface area contributed by atoms with Crippen molar-refractivity contribution in [1.29, 1.82) is 0 Å². The zero-order valence-electron chi connectivity index (χ0n) is 21.1. The van der Waals surface area contributed by atoms with E-state index in [1.165, 1.54) is 0 Å². The Balaban J connectivity index is 1.40. The van der Waals surface area contributed by atoms with Gasteiger partial charge in [0.05, 0.1) is 36.2 Å². The van der Waals surface area contributed by atoms with Gasteiger partial charge in [-0.05, 0) is 64.8 Å². The van der Waals surface area contributed by atoms with Crippen molar-refractivity contribution in [2.45, 2.75) is 58.7 Å². The van der Waals surface area contributed by atoms with E-state index in [-0.39, 0.29) is 17.9 Å². The van der Waals surface area contributed by atoms with E-state index in [4.69, 9.17) is 9.47 Å². The molecular formula is C27H29BrF2N4O3. The van der Waals surface area contributed by atoms with Crippen LogP contribution in [0.15, 0.2) is 47.3 Å². The predicted octanol–water partition coefficient (Wildman–Crippen LogP) is 7.07. The number of amides is 1. The van der Waals surface area contributed by atoms with Gasteiger partial charge in [-0.3, -0.25) is 4.98 Å². The maximum Gasteiger partial charge on any atom is 0.408 e. The third-order valence-corrected chi connectivity index (χ3v) is 6.18. The smallest absolute Gasteiger partial charge is 0.408 e. The van der Waals surface area contributed by atoms with Crippen LogP contribution in [0.25, 0.3) is 21.9 Å². The molecule has 7 nitrogen and oxygen atoms in total. The highest BCUT2D eigenvalue weighted by Gasteiger charge is 2.22. The number of nitrogens with zero attached hydrogens (tertiary/aromatic N) is 3. The van der Waals surface area contributed by atoms with Crippen LogP contribution in [0.2, 0.25) is 0 Å². The summed E-state index contributed by atoms with van der Waals surface area (Å²) in [7, 11) is 0.